The largest absolute Gasteiger partial charge is 0.440 e. The molecule has 2 saturated heterocycles. The van der Waals surface area contributed by atoms with Crippen LogP contribution < -0.4 is 5.32 Å². The number of hydrogen-bond acceptors (Lipinski definition) is 5. The highest BCUT2D eigenvalue weighted by Gasteiger charge is 2.33. The molecule has 1 aromatic rings. The standard InChI is InChI=1S/C21H28F3N3O4/c22-21(23,24)15-31-20(29)27-7-5-16(6-8-27)19(28)25-13-17-3-1-2-4-18(17)14-26-9-11-30-12-10-26/h1-4,16H,5-15H2,(H,25,28). The number of rotatable bonds is 6. The van der Waals surface area contributed by atoms with E-state index in [2.05, 4.69) is 21.0 Å². The summed E-state index contributed by atoms with van der Waals surface area (Å²) in [5.41, 5.74) is 2.21. The zero-order valence-electron chi connectivity index (χ0n) is 17.3. The summed E-state index contributed by atoms with van der Waals surface area (Å²) < 4.78 is 46.2. The number of halogens is 3. The van der Waals surface area contributed by atoms with Gasteiger partial charge in [-0.2, -0.15) is 13.2 Å². The van der Waals surface area contributed by atoms with E-state index in [-0.39, 0.29) is 24.9 Å². The van der Waals surface area contributed by atoms with Crippen LogP contribution in [0.4, 0.5) is 18.0 Å². The molecule has 10 heteroatoms. The van der Waals surface area contributed by atoms with Gasteiger partial charge in [0.05, 0.1) is 13.2 Å². The molecule has 0 atom stereocenters. The van der Waals surface area contributed by atoms with Crippen LogP contribution in [0.5, 0.6) is 0 Å². The van der Waals surface area contributed by atoms with E-state index in [1.807, 2.05) is 18.2 Å². The summed E-state index contributed by atoms with van der Waals surface area (Å²) in [6.45, 7) is 3.21. The van der Waals surface area contributed by atoms with E-state index in [0.29, 0.717) is 19.4 Å². The molecule has 0 saturated carbocycles. The van der Waals surface area contributed by atoms with Crippen LogP contribution in [0.15, 0.2) is 24.3 Å². The first kappa shape index (κ1) is 23.3. The molecule has 172 valence electrons. The number of carbonyl (C=O) groups excluding carboxylic acids is 2. The van der Waals surface area contributed by atoms with Crippen LogP contribution in [0.2, 0.25) is 0 Å². The number of nitrogens with zero attached hydrogens (tertiary/aromatic N) is 2. The van der Waals surface area contributed by atoms with E-state index in [0.717, 1.165) is 44.0 Å². The van der Waals surface area contributed by atoms with Crippen molar-refractivity contribution in [3.63, 3.8) is 0 Å². The summed E-state index contributed by atoms with van der Waals surface area (Å²) in [5, 5.41) is 2.97. The van der Waals surface area contributed by atoms with Gasteiger partial charge in [0.25, 0.3) is 0 Å². The van der Waals surface area contributed by atoms with Gasteiger partial charge in [-0.1, -0.05) is 24.3 Å². The first-order valence-corrected chi connectivity index (χ1v) is 10.4. The molecule has 2 aliphatic heterocycles. The van der Waals surface area contributed by atoms with Gasteiger partial charge in [0, 0.05) is 45.2 Å². The molecule has 0 aliphatic carbocycles. The first-order chi connectivity index (χ1) is 14.8. The second-order valence-corrected chi connectivity index (χ2v) is 7.81. The Morgan fingerprint density at radius 3 is 2.35 bits per heavy atom. The number of nitrogens with one attached hydrogen (secondary N) is 1. The summed E-state index contributed by atoms with van der Waals surface area (Å²) in [7, 11) is 0. The average Bonchev–Trinajstić information content (AvgIpc) is 2.77. The van der Waals surface area contributed by atoms with Gasteiger partial charge in [-0.05, 0) is 24.0 Å². The van der Waals surface area contributed by atoms with Crippen LogP contribution in [-0.4, -0.2) is 74.0 Å². The molecule has 2 heterocycles. The lowest BCUT2D eigenvalue weighted by atomic mass is 9.96. The van der Waals surface area contributed by atoms with E-state index in [1.165, 1.54) is 4.90 Å². The number of benzene rings is 1. The summed E-state index contributed by atoms with van der Waals surface area (Å²) >= 11 is 0. The van der Waals surface area contributed by atoms with Crippen molar-refractivity contribution < 1.29 is 32.2 Å². The van der Waals surface area contributed by atoms with Gasteiger partial charge >= 0.3 is 12.3 Å². The van der Waals surface area contributed by atoms with Crippen molar-refractivity contribution >= 4 is 12.0 Å². The molecule has 1 N–H and O–H groups in total. The molecule has 31 heavy (non-hydrogen) atoms. The molecule has 2 aliphatic rings. The van der Waals surface area contributed by atoms with Crippen molar-refractivity contribution in [2.24, 2.45) is 5.92 Å². The maximum Gasteiger partial charge on any atom is 0.422 e. The highest BCUT2D eigenvalue weighted by atomic mass is 19.4. The third-order valence-corrected chi connectivity index (χ3v) is 5.55. The maximum absolute atomic E-state index is 12.6. The van der Waals surface area contributed by atoms with Crippen LogP contribution in [0.1, 0.15) is 24.0 Å². The Hall–Kier alpha value is -2.33. The summed E-state index contributed by atoms with van der Waals surface area (Å²) in [5.74, 6) is -0.387. The highest BCUT2D eigenvalue weighted by molar-refractivity contribution is 5.79. The molecule has 2 fully saturated rings. The van der Waals surface area contributed by atoms with Crippen molar-refractivity contribution in [1.82, 2.24) is 15.1 Å². The number of ether oxygens (including phenoxy) is 2. The molecular formula is C21H28F3N3O4. The predicted molar refractivity (Wildman–Crippen MR) is 106 cm³/mol. The zero-order valence-corrected chi connectivity index (χ0v) is 17.3. The number of morpholine rings is 1. The number of carbonyl (C=O) groups is 2. The van der Waals surface area contributed by atoms with Crippen molar-refractivity contribution in [2.75, 3.05) is 46.0 Å². The molecule has 1 aromatic carbocycles. The smallest absolute Gasteiger partial charge is 0.422 e. The van der Waals surface area contributed by atoms with Crippen LogP contribution >= 0.6 is 0 Å². The van der Waals surface area contributed by atoms with Crippen molar-refractivity contribution in [1.29, 1.82) is 0 Å². The SMILES string of the molecule is O=C(NCc1ccccc1CN1CCOCC1)C1CCN(C(=O)OCC(F)(F)F)CC1. The van der Waals surface area contributed by atoms with E-state index in [4.69, 9.17) is 4.74 Å². The molecule has 7 nitrogen and oxygen atoms in total. The fourth-order valence-corrected chi connectivity index (χ4v) is 3.77. The lowest BCUT2D eigenvalue weighted by molar-refractivity contribution is -0.162. The van der Waals surface area contributed by atoms with Gasteiger partial charge < -0.3 is 19.7 Å². The molecule has 0 aromatic heterocycles. The predicted octanol–water partition coefficient (Wildman–Crippen LogP) is 2.55. The van der Waals surface area contributed by atoms with E-state index in [9.17, 15) is 22.8 Å². The van der Waals surface area contributed by atoms with Crippen molar-refractivity contribution in [3.05, 3.63) is 35.4 Å². The quantitative estimate of drug-likeness (QED) is 0.732. The van der Waals surface area contributed by atoms with Crippen LogP contribution in [0, 0.1) is 5.92 Å². The third-order valence-electron chi connectivity index (χ3n) is 5.55. The number of hydrogen-bond donors (Lipinski definition) is 1. The van der Waals surface area contributed by atoms with Gasteiger partial charge in [0.2, 0.25) is 5.91 Å². The minimum absolute atomic E-state index is 0.107. The molecule has 0 spiro atoms. The van der Waals surface area contributed by atoms with Crippen molar-refractivity contribution in [2.45, 2.75) is 32.1 Å². The molecule has 0 bridgehead atoms. The van der Waals surface area contributed by atoms with Gasteiger partial charge in [0.15, 0.2) is 6.61 Å². The van der Waals surface area contributed by atoms with E-state index < -0.39 is 18.9 Å². The Kier molecular flexibility index (Phi) is 8.14. The van der Waals surface area contributed by atoms with Crippen LogP contribution in [0.25, 0.3) is 0 Å². The molecular weight excluding hydrogens is 415 g/mol. The minimum Gasteiger partial charge on any atom is -0.440 e. The van der Waals surface area contributed by atoms with Crippen molar-refractivity contribution in [3.8, 4) is 0 Å². The van der Waals surface area contributed by atoms with Gasteiger partial charge in [0.1, 0.15) is 0 Å². The Balaban J connectivity index is 1.44. The number of piperidine rings is 1. The molecule has 3 rings (SSSR count). The second kappa shape index (κ2) is 10.8. The Morgan fingerprint density at radius 2 is 1.71 bits per heavy atom. The fraction of sp³-hybridized carbons (Fsp3) is 0.619. The zero-order chi connectivity index (χ0) is 22.3. The van der Waals surface area contributed by atoms with Gasteiger partial charge in [-0.15, -0.1) is 0 Å². The Bertz CT molecular complexity index is 746. The second-order valence-electron chi connectivity index (χ2n) is 7.81. The van der Waals surface area contributed by atoms with Gasteiger partial charge in [-0.3, -0.25) is 9.69 Å². The average molecular weight is 443 g/mol. The molecule has 0 radical (unpaired) electrons. The number of amides is 2. The first-order valence-electron chi connectivity index (χ1n) is 10.4. The topological polar surface area (TPSA) is 71.1 Å². The minimum atomic E-state index is -4.55. The van der Waals surface area contributed by atoms with Crippen LogP contribution in [0.3, 0.4) is 0 Å². The van der Waals surface area contributed by atoms with Crippen LogP contribution in [-0.2, 0) is 27.4 Å². The normalized spacial score (nSPS) is 18.6. The van der Waals surface area contributed by atoms with Gasteiger partial charge in [-0.25, -0.2) is 4.79 Å². The number of likely N-dealkylation sites (tertiary alicyclic amines) is 1. The molecule has 0 unspecified atom stereocenters. The lowest BCUT2D eigenvalue weighted by Gasteiger charge is -2.31. The third kappa shape index (κ3) is 7.39. The monoisotopic (exact) mass is 443 g/mol. The summed E-state index contributed by atoms with van der Waals surface area (Å²) in [6, 6.07) is 7.97. The lowest BCUT2D eigenvalue weighted by Crippen LogP contribution is -2.43. The summed E-state index contributed by atoms with van der Waals surface area (Å²) in [4.78, 5) is 27.8. The maximum atomic E-state index is 12.6. The fourth-order valence-electron chi connectivity index (χ4n) is 3.77. The molecule has 2 amide bonds. The summed E-state index contributed by atoms with van der Waals surface area (Å²) in [6.07, 6.45) is -4.76. The van der Waals surface area contributed by atoms with E-state index in [1.54, 1.807) is 0 Å². The Morgan fingerprint density at radius 1 is 1.06 bits per heavy atom. The highest BCUT2D eigenvalue weighted by Crippen LogP contribution is 2.20. The number of alkyl halides is 3. The van der Waals surface area contributed by atoms with E-state index >= 15 is 0 Å². The Labute approximate surface area is 179 Å².